The van der Waals surface area contributed by atoms with Gasteiger partial charge in [0.25, 0.3) is 11.8 Å². The van der Waals surface area contributed by atoms with Crippen LogP contribution in [0.15, 0.2) is 0 Å². The van der Waals surface area contributed by atoms with Crippen molar-refractivity contribution < 1.29 is 28.6 Å². The zero-order valence-corrected chi connectivity index (χ0v) is 23.1. The predicted molar refractivity (Wildman–Crippen MR) is 139 cm³/mol. The van der Waals surface area contributed by atoms with Gasteiger partial charge in [-0.1, -0.05) is 34.5 Å². The van der Waals surface area contributed by atoms with Gasteiger partial charge in [-0.2, -0.15) is 0 Å². The molecule has 2 fully saturated rings. The number of methoxy groups -OCH3 is 1. The smallest absolute Gasteiger partial charge is 0.358 e. The molecule has 2 aromatic rings. The van der Waals surface area contributed by atoms with Gasteiger partial charge in [-0.3, -0.25) is 9.59 Å². The van der Waals surface area contributed by atoms with Crippen molar-refractivity contribution in [1.29, 1.82) is 0 Å². The fraction of sp³-hybridized carbons (Fsp3) is 0.565. The van der Waals surface area contributed by atoms with E-state index >= 15 is 0 Å². The molecule has 2 aromatic heterocycles. The first-order chi connectivity index (χ1) is 17.7. The van der Waals surface area contributed by atoms with Gasteiger partial charge in [0.05, 0.1) is 42.0 Å². The van der Waals surface area contributed by atoms with Gasteiger partial charge in [-0.05, 0) is 20.3 Å². The number of carbonyl (C=O) groups excluding carboxylic acids is 3. The van der Waals surface area contributed by atoms with Crippen LogP contribution in [-0.4, -0.2) is 97.9 Å². The molecule has 14 heteroatoms. The predicted octanol–water partition coefficient (Wildman–Crippen LogP) is 2.76. The number of aromatic amines is 1. The van der Waals surface area contributed by atoms with Crippen molar-refractivity contribution >= 4 is 57.5 Å². The fourth-order valence-corrected chi connectivity index (χ4v) is 5.77. The number of H-pyrrole nitrogens is 1. The second-order valence-corrected chi connectivity index (χ2v) is 10.4. The number of anilines is 1. The van der Waals surface area contributed by atoms with E-state index in [1.807, 2.05) is 4.90 Å². The van der Waals surface area contributed by atoms with Gasteiger partial charge in [-0.25, -0.2) is 9.78 Å². The summed E-state index contributed by atoms with van der Waals surface area (Å²) >= 11 is 13.5. The zero-order chi connectivity index (χ0) is 26.7. The molecule has 37 heavy (non-hydrogen) atoms. The molecule has 2 aliphatic rings. The van der Waals surface area contributed by atoms with Crippen LogP contribution in [0.25, 0.3) is 0 Å². The number of ether oxygens (including phenoxy) is 3. The highest BCUT2D eigenvalue weighted by Crippen LogP contribution is 2.32. The third-order valence-electron chi connectivity index (χ3n) is 6.31. The molecular weight excluding hydrogens is 545 g/mol. The van der Waals surface area contributed by atoms with Crippen LogP contribution in [0.3, 0.4) is 0 Å². The van der Waals surface area contributed by atoms with E-state index in [0.29, 0.717) is 61.7 Å². The highest BCUT2D eigenvalue weighted by atomic mass is 35.5. The minimum Gasteiger partial charge on any atom is -0.461 e. The van der Waals surface area contributed by atoms with Crippen LogP contribution in [0.5, 0.6) is 0 Å². The average molecular weight is 574 g/mol. The van der Waals surface area contributed by atoms with Gasteiger partial charge < -0.3 is 34.3 Å². The number of nitrogens with one attached hydrogen (secondary N) is 2. The topological polar surface area (TPSA) is 126 Å². The number of thiazole rings is 1. The Bertz CT molecular complexity index is 1160. The number of aromatic nitrogens is 2. The number of hydrogen-bond acceptors (Lipinski definition) is 9. The van der Waals surface area contributed by atoms with Crippen LogP contribution >= 0.6 is 34.5 Å². The Morgan fingerprint density at radius 2 is 1.95 bits per heavy atom. The molecule has 0 saturated carbocycles. The normalized spacial score (nSPS) is 20.1. The second kappa shape index (κ2) is 12.0. The summed E-state index contributed by atoms with van der Waals surface area (Å²) in [6.07, 6.45) is 0.160. The molecule has 202 valence electrons. The first-order valence-corrected chi connectivity index (χ1v) is 13.5. The maximum Gasteiger partial charge on any atom is 0.358 e. The molecule has 2 atom stereocenters. The molecule has 0 radical (unpaired) electrons. The van der Waals surface area contributed by atoms with E-state index in [1.165, 1.54) is 0 Å². The van der Waals surface area contributed by atoms with E-state index in [0.717, 1.165) is 11.3 Å². The number of piperidine rings is 1. The molecule has 2 N–H and O–H groups in total. The number of rotatable bonds is 7. The van der Waals surface area contributed by atoms with Crippen molar-refractivity contribution in [2.24, 2.45) is 0 Å². The van der Waals surface area contributed by atoms with Gasteiger partial charge in [-0.15, -0.1) is 0 Å². The third-order valence-corrected chi connectivity index (χ3v) is 8.36. The van der Waals surface area contributed by atoms with Crippen molar-refractivity contribution in [3.8, 4) is 0 Å². The summed E-state index contributed by atoms with van der Waals surface area (Å²) in [6, 6.07) is -0.300. The molecule has 2 aliphatic heterocycles. The van der Waals surface area contributed by atoms with Crippen LogP contribution in [0.4, 0.5) is 5.13 Å². The van der Waals surface area contributed by atoms with Crippen molar-refractivity contribution in [3.05, 3.63) is 32.0 Å². The summed E-state index contributed by atoms with van der Waals surface area (Å²) in [5.74, 6) is -1.28. The van der Waals surface area contributed by atoms with E-state index in [2.05, 4.69) is 15.3 Å². The van der Waals surface area contributed by atoms with Gasteiger partial charge in [0.1, 0.15) is 10.6 Å². The summed E-state index contributed by atoms with van der Waals surface area (Å²) in [7, 11) is 1.56. The van der Waals surface area contributed by atoms with E-state index in [4.69, 9.17) is 37.4 Å². The van der Waals surface area contributed by atoms with Crippen molar-refractivity contribution in [1.82, 2.24) is 20.2 Å². The Labute approximate surface area is 228 Å². The molecule has 4 heterocycles. The lowest BCUT2D eigenvalue weighted by atomic mass is 10.0. The van der Waals surface area contributed by atoms with Gasteiger partial charge in [0.15, 0.2) is 10.8 Å². The zero-order valence-electron chi connectivity index (χ0n) is 20.8. The van der Waals surface area contributed by atoms with Crippen molar-refractivity contribution in [2.75, 3.05) is 58.0 Å². The Morgan fingerprint density at radius 1 is 1.22 bits per heavy atom. The number of amides is 2. The molecule has 11 nitrogen and oxygen atoms in total. The molecule has 0 spiro atoms. The largest absolute Gasteiger partial charge is 0.461 e. The first-order valence-electron chi connectivity index (χ1n) is 11.9. The summed E-state index contributed by atoms with van der Waals surface area (Å²) in [5, 5.41) is 3.98. The average Bonchev–Trinajstić information content (AvgIpc) is 3.46. The Morgan fingerprint density at radius 3 is 2.57 bits per heavy atom. The first kappa shape index (κ1) is 27.6. The van der Waals surface area contributed by atoms with Crippen molar-refractivity contribution in [2.45, 2.75) is 32.4 Å². The summed E-state index contributed by atoms with van der Waals surface area (Å²) in [4.78, 5) is 50.0. The van der Waals surface area contributed by atoms with Gasteiger partial charge in [0, 0.05) is 39.0 Å². The number of nitrogens with zero attached hydrogens (tertiary/aromatic N) is 3. The highest BCUT2D eigenvalue weighted by Gasteiger charge is 2.35. The third kappa shape index (κ3) is 5.88. The van der Waals surface area contributed by atoms with Crippen LogP contribution in [0.2, 0.25) is 10.0 Å². The Hall–Kier alpha value is -2.38. The Kier molecular flexibility index (Phi) is 8.96. The van der Waals surface area contributed by atoms with Crippen LogP contribution in [0.1, 0.15) is 49.7 Å². The van der Waals surface area contributed by atoms with E-state index in [9.17, 15) is 14.4 Å². The molecule has 0 aromatic carbocycles. The maximum absolute atomic E-state index is 13.2. The summed E-state index contributed by atoms with van der Waals surface area (Å²) in [5.41, 5.74) is 0.821. The second-order valence-electron chi connectivity index (χ2n) is 8.64. The lowest BCUT2D eigenvalue weighted by molar-refractivity contribution is 0.0301. The molecule has 0 unspecified atom stereocenters. The molecule has 0 aliphatic carbocycles. The maximum atomic E-state index is 13.2. The number of halogens is 2. The number of carbonyl (C=O) groups is 3. The van der Waals surface area contributed by atoms with E-state index in [-0.39, 0.29) is 51.9 Å². The van der Waals surface area contributed by atoms with E-state index in [1.54, 1.807) is 25.9 Å². The molecule has 2 saturated heterocycles. The van der Waals surface area contributed by atoms with Crippen molar-refractivity contribution in [3.63, 3.8) is 0 Å². The number of esters is 1. The molecule has 4 rings (SSSR count). The molecular formula is C23H29Cl2N5O6S. The molecule has 2 amide bonds. The summed E-state index contributed by atoms with van der Waals surface area (Å²) in [6.45, 7) is 6.29. The lowest BCUT2D eigenvalue weighted by Crippen LogP contribution is -2.55. The standard InChI is InChI=1S/C23H29Cl2N5O6S/c1-4-36-22(33)18-19(21(32)29-7-9-35-10-8-29)37-23(28-18)30-6-5-13(14(11-30)34-3)27-20(31)17-16(25)15(24)12(2)26-17/h13-14,26H,4-11H2,1-3H3,(H,27,31)/t13-,14+/m1/s1. The number of hydrogen-bond donors (Lipinski definition) is 2. The van der Waals surface area contributed by atoms with Crippen LogP contribution < -0.4 is 10.2 Å². The quantitative estimate of drug-likeness (QED) is 0.484. The minimum absolute atomic E-state index is 0.0105. The van der Waals surface area contributed by atoms with E-state index < -0.39 is 5.97 Å². The van der Waals surface area contributed by atoms with Gasteiger partial charge >= 0.3 is 5.97 Å². The monoisotopic (exact) mass is 573 g/mol. The minimum atomic E-state index is -0.635. The number of morpholine rings is 1. The van der Waals surface area contributed by atoms with Crippen LogP contribution in [-0.2, 0) is 14.2 Å². The Balaban J connectivity index is 1.51. The number of aryl methyl sites for hydroxylation is 1. The lowest BCUT2D eigenvalue weighted by Gasteiger charge is -2.37. The van der Waals surface area contributed by atoms with Gasteiger partial charge in [0.2, 0.25) is 0 Å². The summed E-state index contributed by atoms with van der Waals surface area (Å²) < 4.78 is 16.2. The fourth-order valence-electron chi connectivity index (χ4n) is 4.30. The van der Waals surface area contributed by atoms with Crippen LogP contribution in [0, 0.1) is 6.92 Å². The highest BCUT2D eigenvalue weighted by molar-refractivity contribution is 7.17. The molecule has 0 bridgehead atoms. The SMILES string of the molecule is CCOC(=O)c1nc(N2CC[C@@H](NC(=O)c3[nH]c(C)c(Cl)c3Cl)[C@@H](OC)C2)sc1C(=O)N1CCOCC1.